The zero-order valence-corrected chi connectivity index (χ0v) is 10.7. The largest absolute Gasteiger partial charge is 0.492 e. The first-order chi connectivity index (χ1) is 7.74. The monoisotopic (exact) mass is 241 g/mol. The number of para-hydroxylation sites is 1. The molecule has 2 nitrogen and oxygen atoms in total. The van der Waals surface area contributed by atoms with Gasteiger partial charge in [-0.2, -0.15) is 0 Å². The number of hydrogen-bond acceptors (Lipinski definition) is 2. The molecule has 1 aromatic rings. The smallest absolute Gasteiger partial charge is 0.119 e. The Hall–Kier alpha value is -0.730. The van der Waals surface area contributed by atoms with Gasteiger partial charge in [0.05, 0.1) is 0 Å². The summed E-state index contributed by atoms with van der Waals surface area (Å²) >= 11 is 5.78. The Morgan fingerprint density at radius 2 is 1.94 bits per heavy atom. The molecule has 0 amide bonds. The van der Waals surface area contributed by atoms with Crippen LogP contribution in [0.3, 0.4) is 0 Å². The first-order valence-electron chi connectivity index (χ1n) is 5.71. The summed E-state index contributed by atoms with van der Waals surface area (Å²) < 4.78 is 5.57. The van der Waals surface area contributed by atoms with E-state index in [9.17, 15) is 0 Å². The molecule has 0 aromatic heterocycles. The average Bonchev–Trinajstić information content (AvgIpc) is 2.34. The lowest BCUT2D eigenvalue weighted by Gasteiger charge is -2.19. The van der Waals surface area contributed by atoms with Gasteiger partial charge in [-0.25, -0.2) is 0 Å². The molecule has 2 atom stereocenters. The number of ether oxygens (including phenoxy) is 1. The molecule has 1 rings (SSSR count). The Labute approximate surface area is 103 Å². The molecule has 3 heteroatoms. The van der Waals surface area contributed by atoms with Gasteiger partial charge in [0.25, 0.3) is 0 Å². The van der Waals surface area contributed by atoms with Gasteiger partial charge < -0.3 is 10.1 Å². The van der Waals surface area contributed by atoms with E-state index >= 15 is 0 Å². The van der Waals surface area contributed by atoms with Gasteiger partial charge >= 0.3 is 0 Å². The van der Waals surface area contributed by atoms with Crippen molar-refractivity contribution in [3.8, 4) is 5.75 Å². The maximum absolute atomic E-state index is 5.78. The van der Waals surface area contributed by atoms with Crippen LogP contribution >= 0.6 is 11.6 Å². The van der Waals surface area contributed by atoms with Crippen LogP contribution in [0.1, 0.15) is 13.8 Å². The van der Waals surface area contributed by atoms with Crippen LogP contribution in [0.15, 0.2) is 30.3 Å². The Morgan fingerprint density at radius 1 is 1.25 bits per heavy atom. The van der Waals surface area contributed by atoms with Gasteiger partial charge in [0, 0.05) is 18.5 Å². The summed E-state index contributed by atoms with van der Waals surface area (Å²) in [7, 11) is 0. The Balaban J connectivity index is 2.13. The van der Waals surface area contributed by atoms with E-state index in [1.54, 1.807) is 0 Å². The van der Waals surface area contributed by atoms with E-state index in [-0.39, 0.29) is 0 Å². The highest BCUT2D eigenvalue weighted by atomic mass is 35.5. The predicted octanol–water partition coefficient (Wildman–Crippen LogP) is 2.92. The summed E-state index contributed by atoms with van der Waals surface area (Å²) in [4.78, 5) is 0. The highest BCUT2D eigenvalue weighted by Gasteiger charge is 2.09. The standard InChI is InChI=1S/C13H20ClNO/c1-11(10-14)12(2)15-8-9-16-13-6-4-3-5-7-13/h3-7,11-12,15H,8-10H2,1-2H3. The second-order valence-electron chi connectivity index (χ2n) is 4.04. The number of rotatable bonds is 7. The Bertz CT molecular complexity index is 279. The van der Waals surface area contributed by atoms with Crippen LogP contribution in [0, 0.1) is 5.92 Å². The van der Waals surface area contributed by atoms with Crippen LogP contribution in [0.5, 0.6) is 5.75 Å². The van der Waals surface area contributed by atoms with E-state index in [1.165, 1.54) is 0 Å². The fourth-order valence-corrected chi connectivity index (χ4v) is 1.57. The van der Waals surface area contributed by atoms with E-state index in [1.807, 2.05) is 30.3 Å². The molecule has 0 bridgehead atoms. The average molecular weight is 242 g/mol. The topological polar surface area (TPSA) is 21.3 Å². The van der Waals surface area contributed by atoms with Crippen molar-refractivity contribution in [3.05, 3.63) is 30.3 Å². The maximum Gasteiger partial charge on any atom is 0.119 e. The van der Waals surface area contributed by atoms with Gasteiger partial charge in [0.15, 0.2) is 0 Å². The van der Waals surface area contributed by atoms with E-state index < -0.39 is 0 Å². The van der Waals surface area contributed by atoms with Crippen molar-refractivity contribution in [2.24, 2.45) is 5.92 Å². The van der Waals surface area contributed by atoms with Gasteiger partial charge in [-0.1, -0.05) is 25.1 Å². The molecule has 90 valence electrons. The Morgan fingerprint density at radius 3 is 2.56 bits per heavy atom. The van der Waals surface area contributed by atoms with Crippen molar-refractivity contribution in [1.29, 1.82) is 0 Å². The third-order valence-electron chi connectivity index (χ3n) is 2.68. The number of halogens is 1. The molecule has 0 aliphatic carbocycles. The van der Waals surface area contributed by atoms with Crippen LogP contribution in [0.2, 0.25) is 0 Å². The summed E-state index contributed by atoms with van der Waals surface area (Å²) in [5.74, 6) is 2.09. The quantitative estimate of drug-likeness (QED) is 0.586. The normalized spacial score (nSPS) is 14.4. The minimum atomic E-state index is 0.428. The molecule has 0 spiro atoms. The summed E-state index contributed by atoms with van der Waals surface area (Å²) in [6.07, 6.45) is 0. The zero-order valence-electron chi connectivity index (χ0n) is 9.95. The minimum Gasteiger partial charge on any atom is -0.492 e. The maximum atomic E-state index is 5.78. The van der Waals surface area contributed by atoms with Crippen molar-refractivity contribution in [1.82, 2.24) is 5.32 Å². The summed E-state index contributed by atoms with van der Waals surface area (Å²) in [6.45, 7) is 5.82. The SMILES string of the molecule is CC(CCl)C(C)NCCOc1ccccc1. The lowest BCUT2D eigenvalue weighted by molar-refractivity contribution is 0.297. The molecule has 0 radical (unpaired) electrons. The van der Waals surface area contributed by atoms with E-state index in [0.717, 1.165) is 12.3 Å². The summed E-state index contributed by atoms with van der Waals surface area (Å²) in [6, 6.07) is 10.3. The van der Waals surface area contributed by atoms with Gasteiger partial charge in [0.1, 0.15) is 12.4 Å². The molecule has 0 saturated carbocycles. The molecule has 0 heterocycles. The van der Waals surface area contributed by atoms with Crippen LogP contribution in [0.25, 0.3) is 0 Å². The summed E-state index contributed by atoms with van der Waals surface area (Å²) in [5, 5.41) is 3.39. The van der Waals surface area contributed by atoms with Crippen LogP contribution in [0.4, 0.5) is 0 Å². The van der Waals surface area contributed by atoms with Crippen LogP contribution in [-0.4, -0.2) is 25.1 Å². The van der Waals surface area contributed by atoms with Crippen molar-refractivity contribution < 1.29 is 4.74 Å². The lowest BCUT2D eigenvalue weighted by Crippen LogP contribution is -2.35. The van der Waals surface area contributed by atoms with Crippen LogP contribution in [-0.2, 0) is 0 Å². The third-order valence-corrected chi connectivity index (χ3v) is 3.16. The van der Waals surface area contributed by atoms with Gasteiger partial charge in [-0.05, 0) is 25.0 Å². The number of benzene rings is 1. The molecular weight excluding hydrogens is 222 g/mol. The van der Waals surface area contributed by atoms with Crippen molar-refractivity contribution in [2.45, 2.75) is 19.9 Å². The molecule has 0 aliphatic heterocycles. The highest BCUT2D eigenvalue weighted by Crippen LogP contribution is 2.08. The van der Waals surface area contributed by atoms with E-state index in [0.29, 0.717) is 24.4 Å². The number of hydrogen-bond donors (Lipinski definition) is 1. The molecule has 16 heavy (non-hydrogen) atoms. The van der Waals surface area contributed by atoms with Gasteiger partial charge in [-0.3, -0.25) is 0 Å². The molecule has 0 aliphatic rings. The lowest BCUT2D eigenvalue weighted by atomic mass is 10.1. The van der Waals surface area contributed by atoms with Crippen molar-refractivity contribution in [2.75, 3.05) is 19.0 Å². The Kier molecular flexibility index (Phi) is 6.27. The first-order valence-corrected chi connectivity index (χ1v) is 6.24. The summed E-state index contributed by atoms with van der Waals surface area (Å²) in [5.41, 5.74) is 0. The number of alkyl halides is 1. The number of nitrogens with one attached hydrogen (secondary N) is 1. The molecule has 1 N–H and O–H groups in total. The molecular formula is C13H20ClNO. The fourth-order valence-electron chi connectivity index (χ4n) is 1.31. The second kappa shape index (κ2) is 7.53. The molecule has 0 fully saturated rings. The first kappa shape index (κ1) is 13.3. The minimum absolute atomic E-state index is 0.428. The highest BCUT2D eigenvalue weighted by molar-refractivity contribution is 6.18. The van der Waals surface area contributed by atoms with Crippen molar-refractivity contribution >= 4 is 11.6 Å². The molecule has 0 saturated heterocycles. The van der Waals surface area contributed by atoms with E-state index in [4.69, 9.17) is 16.3 Å². The third kappa shape index (κ3) is 4.86. The van der Waals surface area contributed by atoms with Crippen LogP contribution < -0.4 is 10.1 Å². The van der Waals surface area contributed by atoms with E-state index in [2.05, 4.69) is 19.2 Å². The molecule has 2 unspecified atom stereocenters. The fraction of sp³-hybridized carbons (Fsp3) is 0.538. The van der Waals surface area contributed by atoms with Gasteiger partial charge in [-0.15, -0.1) is 11.6 Å². The zero-order chi connectivity index (χ0) is 11.8. The van der Waals surface area contributed by atoms with Crippen molar-refractivity contribution in [3.63, 3.8) is 0 Å². The second-order valence-corrected chi connectivity index (χ2v) is 4.34. The predicted molar refractivity (Wildman–Crippen MR) is 69.3 cm³/mol. The molecule has 1 aromatic carbocycles. The van der Waals surface area contributed by atoms with Gasteiger partial charge in [0.2, 0.25) is 0 Å².